The van der Waals surface area contributed by atoms with Crippen molar-refractivity contribution in [1.82, 2.24) is 4.90 Å². The minimum atomic E-state index is -0.0857. The maximum absolute atomic E-state index is 11.4. The van der Waals surface area contributed by atoms with Gasteiger partial charge in [0.25, 0.3) is 0 Å². The van der Waals surface area contributed by atoms with Gasteiger partial charge in [0.1, 0.15) is 0 Å². The normalized spacial score (nSPS) is 11.1. The molecule has 3 heteroatoms. The van der Waals surface area contributed by atoms with Gasteiger partial charge in [0.15, 0.2) is 0 Å². The quantitative estimate of drug-likeness (QED) is 0.782. The van der Waals surface area contributed by atoms with Crippen LogP contribution in [-0.4, -0.2) is 23.9 Å². The van der Waals surface area contributed by atoms with Crippen LogP contribution in [0, 0.1) is 0 Å². The summed E-state index contributed by atoms with van der Waals surface area (Å²) in [7, 11) is 0. The number of benzene rings is 1. The molecule has 1 aromatic rings. The van der Waals surface area contributed by atoms with Gasteiger partial charge in [-0.15, -0.1) is 0 Å². The highest BCUT2D eigenvalue weighted by molar-refractivity contribution is 5.99. The molecule has 0 bridgehead atoms. The highest BCUT2D eigenvalue weighted by Gasteiger charge is 2.03. The monoisotopic (exact) mass is 246 g/mol. The second-order valence-electron chi connectivity index (χ2n) is 4.15. The maximum Gasteiger partial charge on any atom is 0.248 e. The van der Waals surface area contributed by atoms with E-state index in [4.69, 9.17) is 0 Å². The zero-order chi connectivity index (χ0) is 13.4. The van der Waals surface area contributed by atoms with E-state index in [0.717, 1.165) is 25.3 Å². The van der Waals surface area contributed by atoms with Crippen molar-refractivity contribution in [2.75, 3.05) is 18.4 Å². The van der Waals surface area contributed by atoms with E-state index in [-0.39, 0.29) is 5.91 Å². The molecule has 0 spiro atoms. The van der Waals surface area contributed by atoms with Crippen LogP contribution in [-0.2, 0) is 11.3 Å². The average molecular weight is 246 g/mol. The number of nitrogens with zero attached hydrogens (tertiary/aromatic N) is 1. The van der Waals surface area contributed by atoms with Gasteiger partial charge in [-0.25, -0.2) is 0 Å². The predicted molar refractivity (Wildman–Crippen MR) is 76.5 cm³/mol. The third kappa shape index (κ3) is 4.72. The third-order valence-corrected chi connectivity index (χ3v) is 2.81. The number of amides is 1. The van der Waals surface area contributed by atoms with Gasteiger partial charge in [-0.1, -0.05) is 32.1 Å². The first-order valence-electron chi connectivity index (χ1n) is 6.44. The Morgan fingerprint density at radius 1 is 1.33 bits per heavy atom. The molecule has 98 valence electrons. The highest BCUT2D eigenvalue weighted by Crippen LogP contribution is 2.12. The topological polar surface area (TPSA) is 32.3 Å². The van der Waals surface area contributed by atoms with Crippen molar-refractivity contribution in [3.05, 3.63) is 42.0 Å². The second-order valence-corrected chi connectivity index (χ2v) is 4.15. The molecule has 0 atom stereocenters. The standard InChI is InChI=1S/C15H22N2O/c1-4-8-15(18)16-14-10-7-9-13(11-14)12-17(5-2)6-3/h4,7-11H,5-6,12H2,1-3H3,(H,16,18). The minimum absolute atomic E-state index is 0.0857. The molecule has 18 heavy (non-hydrogen) atoms. The van der Waals surface area contributed by atoms with E-state index in [1.54, 1.807) is 6.08 Å². The average Bonchev–Trinajstić information content (AvgIpc) is 2.36. The molecule has 0 heterocycles. The summed E-state index contributed by atoms with van der Waals surface area (Å²) in [6.07, 6.45) is 3.26. The molecule has 0 radical (unpaired) electrons. The van der Waals surface area contributed by atoms with Crippen molar-refractivity contribution >= 4 is 11.6 Å². The maximum atomic E-state index is 11.4. The summed E-state index contributed by atoms with van der Waals surface area (Å²) in [5.41, 5.74) is 2.07. The van der Waals surface area contributed by atoms with Crippen LogP contribution in [0.1, 0.15) is 26.3 Å². The molecule has 0 saturated heterocycles. The van der Waals surface area contributed by atoms with Gasteiger partial charge in [0, 0.05) is 12.2 Å². The first kappa shape index (κ1) is 14.5. The summed E-state index contributed by atoms with van der Waals surface area (Å²) < 4.78 is 0. The Labute approximate surface area is 109 Å². The molecular formula is C15H22N2O. The summed E-state index contributed by atoms with van der Waals surface area (Å²) in [6, 6.07) is 8.00. The van der Waals surface area contributed by atoms with Gasteiger partial charge in [-0.05, 0) is 43.8 Å². The third-order valence-electron chi connectivity index (χ3n) is 2.81. The summed E-state index contributed by atoms with van der Waals surface area (Å²) in [5.74, 6) is -0.0857. The lowest BCUT2D eigenvalue weighted by Crippen LogP contribution is -2.22. The van der Waals surface area contributed by atoms with Crippen molar-refractivity contribution in [2.24, 2.45) is 0 Å². The van der Waals surface area contributed by atoms with Crippen LogP contribution in [0.2, 0.25) is 0 Å². The van der Waals surface area contributed by atoms with Crippen LogP contribution in [0.25, 0.3) is 0 Å². The van der Waals surface area contributed by atoms with E-state index in [1.165, 1.54) is 11.6 Å². The van der Waals surface area contributed by atoms with Gasteiger partial charge in [-0.3, -0.25) is 9.69 Å². The summed E-state index contributed by atoms with van der Waals surface area (Å²) in [6.45, 7) is 9.12. The SMILES string of the molecule is CC=CC(=O)Nc1cccc(CN(CC)CC)c1. The number of allylic oxidation sites excluding steroid dienone is 1. The van der Waals surface area contributed by atoms with Gasteiger partial charge < -0.3 is 5.32 Å². The Bertz CT molecular complexity index is 409. The van der Waals surface area contributed by atoms with Gasteiger partial charge in [0.05, 0.1) is 0 Å². The Kier molecular flexibility index (Phi) is 6.15. The first-order chi connectivity index (χ1) is 8.69. The van der Waals surface area contributed by atoms with E-state index in [1.807, 2.05) is 25.1 Å². The summed E-state index contributed by atoms with van der Waals surface area (Å²) in [5, 5.41) is 2.85. The van der Waals surface area contributed by atoms with Crippen molar-refractivity contribution in [2.45, 2.75) is 27.3 Å². The molecule has 1 amide bonds. The van der Waals surface area contributed by atoms with Crippen molar-refractivity contribution < 1.29 is 4.79 Å². The number of rotatable bonds is 6. The highest BCUT2D eigenvalue weighted by atomic mass is 16.1. The molecule has 0 saturated carbocycles. The molecule has 1 aromatic carbocycles. The number of nitrogens with one attached hydrogen (secondary N) is 1. The molecule has 3 nitrogen and oxygen atoms in total. The van der Waals surface area contributed by atoms with Crippen molar-refractivity contribution in [3.8, 4) is 0 Å². The lowest BCUT2D eigenvalue weighted by Gasteiger charge is -2.18. The van der Waals surface area contributed by atoms with E-state index in [2.05, 4.69) is 30.1 Å². The van der Waals surface area contributed by atoms with Crippen LogP contribution in [0.15, 0.2) is 36.4 Å². The zero-order valence-electron chi connectivity index (χ0n) is 11.4. The van der Waals surface area contributed by atoms with Crippen LogP contribution in [0.5, 0.6) is 0 Å². The van der Waals surface area contributed by atoms with Crippen molar-refractivity contribution in [1.29, 1.82) is 0 Å². The molecule has 0 aliphatic heterocycles. The number of carbonyl (C=O) groups is 1. The largest absolute Gasteiger partial charge is 0.323 e. The second kappa shape index (κ2) is 7.67. The minimum Gasteiger partial charge on any atom is -0.323 e. The van der Waals surface area contributed by atoms with Crippen LogP contribution in [0.4, 0.5) is 5.69 Å². The first-order valence-corrected chi connectivity index (χ1v) is 6.44. The number of anilines is 1. The molecule has 0 aliphatic carbocycles. The van der Waals surface area contributed by atoms with Crippen LogP contribution in [0.3, 0.4) is 0 Å². The Morgan fingerprint density at radius 3 is 2.67 bits per heavy atom. The van der Waals surface area contributed by atoms with Gasteiger partial charge in [0.2, 0.25) is 5.91 Å². The van der Waals surface area contributed by atoms with Crippen molar-refractivity contribution in [3.63, 3.8) is 0 Å². The summed E-state index contributed by atoms with van der Waals surface area (Å²) >= 11 is 0. The molecule has 0 unspecified atom stereocenters. The Hall–Kier alpha value is -1.61. The lowest BCUT2D eigenvalue weighted by molar-refractivity contribution is -0.111. The molecule has 0 aliphatic rings. The lowest BCUT2D eigenvalue weighted by atomic mass is 10.2. The molecule has 1 rings (SSSR count). The predicted octanol–water partition coefficient (Wildman–Crippen LogP) is 3.04. The number of hydrogen-bond acceptors (Lipinski definition) is 2. The summed E-state index contributed by atoms with van der Waals surface area (Å²) in [4.78, 5) is 13.8. The number of carbonyl (C=O) groups excluding carboxylic acids is 1. The number of hydrogen-bond donors (Lipinski definition) is 1. The smallest absolute Gasteiger partial charge is 0.248 e. The van der Waals surface area contributed by atoms with Gasteiger partial charge >= 0.3 is 0 Å². The van der Waals surface area contributed by atoms with Crippen LogP contribution < -0.4 is 5.32 Å². The zero-order valence-corrected chi connectivity index (χ0v) is 11.4. The molecule has 0 aromatic heterocycles. The fourth-order valence-corrected chi connectivity index (χ4v) is 1.79. The van der Waals surface area contributed by atoms with E-state index < -0.39 is 0 Å². The molecule has 1 N–H and O–H groups in total. The Balaban J connectivity index is 2.70. The van der Waals surface area contributed by atoms with E-state index in [9.17, 15) is 4.79 Å². The fourth-order valence-electron chi connectivity index (χ4n) is 1.79. The van der Waals surface area contributed by atoms with E-state index in [0.29, 0.717) is 0 Å². The molecular weight excluding hydrogens is 224 g/mol. The van der Waals surface area contributed by atoms with E-state index >= 15 is 0 Å². The molecule has 0 fully saturated rings. The Morgan fingerprint density at radius 2 is 2.06 bits per heavy atom. The van der Waals surface area contributed by atoms with Crippen LogP contribution >= 0.6 is 0 Å². The fraction of sp³-hybridized carbons (Fsp3) is 0.400. The van der Waals surface area contributed by atoms with Gasteiger partial charge in [-0.2, -0.15) is 0 Å².